The normalized spacial score (nSPS) is 14.6. The molecule has 1 rings (SSSR count). The largest absolute Gasteiger partial charge is 0.469 e. The molecule has 1 aromatic rings. The van der Waals surface area contributed by atoms with Crippen LogP contribution in [0.5, 0.6) is 0 Å². The molecule has 15 heavy (non-hydrogen) atoms. The number of carbonyl (C=O) groups excluding carboxylic acids is 1. The minimum absolute atomic E-state index is 0.241. The van der Waals surface area contributed by atoms with Crippen molar-refractivity contribution < 1.29 is 13.9 Å². The molecule has 0 aliphatic heterocycles. The van der Waals surface area contributed by atoms with E-state index in [2.05, 4.69) is 4.74 Å². The van der Waals surface area contributed by atoms with E-state index in [1.165, 1.54) is 7.11 Å². The Kier molecular flexibility index (Phi) is 3.91. The molecule has 0 amide bonds. The molecular formula is C11H17NO3. The number of furan rings is 1. The van der Waals surface area contributed by atoms with Gasteiger partial charge in [-0.15, -0.1) is 0 Å². The van der Waals surface area contributed by atoms with Crippen LogP contribution in [-0.2, 0) is 16.0 Å². The summed E-state index contributed by atoms with van der Waals surface area (Å²) in [6.07, 6.45) is 2.57. The molecule has 1 heterocycles. The molecule has 0 saturated carbocycles. The third-order valence-corrected chi connectivity index (χ3v) is 2.47. The maximum atomic E-state index is 11.2. The molecule has 0 bridgehead atoms. The molecule has 2 N–H and O–H groups in total. The van der Waals surface area contributed by atoms with Crippen LogP contribution < -0.4 is 5.73 Å². The zero-order valence-corrected chi connectivity index (χ0v) is 9.16. The van der Waals surface area contributed by atoms with E-state index in [1.54, 1.807) is 6.26 Å². The fourth-order valence-corrected chi connectivity index (χ4v) is 1.46. The third-order valence-electron chi connectivity index (χ3n) is 2.47. The van der Waals surface area contributed by atoms with E-state index in [-0.39, 0.29) is 11.4 Å². The topological polar surface area (TPSA) is 65.5 Å². The van der Waals surface area contributed by atoms with E-state index in [4.69, 9.17) is 10.2 Å². The summed E-state index contributed by atoms with van der Waals surface area (Å²) in [5.74, 6) is 0.598. The van der Waals surface area contributed by atoms with Crippen molar-refractivity contribution in [1.82, 2.24) is 0 Å². The van der Waals surface area contributed by atoms with E-state index in [0.717, 1.165) is 5.76 Å². The molecular weight excluding hydrogens is 194 g/mol. The Morgan fingerprint density at radius 2 is 2.40 bits per heavy atom. The van der Waals surface area contributed by atoms with Crippen LogP contribution in [-0.4, -0.2) is 19.6 Å². The molecule has 84 valence electrons. The smallest absolute Gasteiger partial charge is 0.306 e. The SMILES string of the molecule is COC(=O)CC(C)(CN)Cc1ccco1. The lowest BCUT2D eigenvalue weighted by molar-refractivity contribution is -0.143. The van der Waals surface area contributed by atoms with Crippen LogP contribution in [0.25, 0.3) is 0 Å². The number of nitrogens with two attached hydrogens (primary N) is 1. The molecule has 0 fully saturated rings. The fraction of sp³-hybridized carbons (Fsp3) is 0.545. The average molecular weight is 211 g/mol. The Morgan fingerprint density at radius 3 is 2.87 bits per heavy atom. The fourth-order valence-electron chi connectivity index (χ4n) is 1.46. The molecule has 0 aromatic carbocycles. The van der Waals surface area contributed by atoms with Crippen molar-refractivity contribution in [2.45, 2.75) is 19.8 Å². The third kappa shape index (κ3) is 3.40. The van der Waals surface area contributed by atoms with Crippen LogP contribution in [0.4, 0.5) is 0 Å². The molecule has 1 unspecified atom stereocenters. The lowest BCUT2D eigenvalue weighted by atomic mass is 9.82. The maximum absolute atomic E-state index is 11.2. The number of hydrogen-bond acceptors (Lipinski definition) is 4. The Morgan fingerprint density at radius 1 is 1.67 bits per heavy atom. The second-order valence-electron chi connectivity index (χ2n) is 4.02. The first kappa shape index (κ1) is 11.8. The van der Waals surface area contributed by atoms with Gasteiger partial charge < -0.3 is 14.9 Å². The summed E-state index contributed by atoms with van der Waals surface area (Å²) in [5, 5.41) is 0. The van der Waals surface area contributed by atoms with Gasteiger partial charge in [0.15, 0.2) is 0 Å². The highest BCUT2D eigenvalue weighted by molar-refractivity contribution is 5.70. The highest BCUT2D eigenvalue weighted by Gasteiger charge is 2.28. The average Bonchev–Trinajstić information content (AvgIpc) is 2.70. The van der Waals surface area contributed by atoms with Crippen molar-refractivity contribution in [2.24, 2.45) is 11.1 Å². The highest BCUT2D eigenvalue weighted by atomic mass is 16.5. The number of hydrogen-bond donors (Lipinski definition) is 1. The van der Waals surface area contributed by atoms with Crippen LogP contribution in [0.2, 0.25) is 0 Å². The number of carbonyl (C=O) groups is 1. The van der Waals surface area contributed by atoms with Crippen LogP contribution >= 0.6 is 0 Å². The molecule has 0 aliphatic carbocycles. The number of esters is 1. The second kappa shape index (κ2) is 4.98. The van der Waals surface area contributed by atoms with E-state index < -0.39 is 0 Å². The second-order valence-corrected chi connectivity index (χ2v) is 4.02. The van der Waals surface area contributed by atoms with E-state index >= 15 is 0 Å². The Labute approximate surface area is 89.4 Å². The number of rotatable bonds is 5. The molecule has 0 aliphatic rings. The molecule has 0 spiro atoms. The summed E-state index contributed by atoms with van der Waals surface area (Å²) in [6.45, 7) is 2.37. The van der Waals surface area contributed by atoms with Crippen LogP contribution in [0.15, 0.2) is 22.8 Å². The molecule has 1 aromatic heterocycles. The predicted molar refractivity (Wildman–Crippen MR) is 56.2 cm³/mol. The lowest BCUT2D eigenvalue weighted by Gasteiger charge is -2.25. The van der Waals surface area contributed by atoms with Crippen LogP contribution in [0.1, 0.15) is 19.1 Å². The maximum Gasteiger partial charge on any atom is 0.306 e. The van der Waals surface area contributed by atoms with Gasteiger partial charge in [-0.05, 0) is 24.1 Å². The van der Waals surface area contributed by atoms with Crippen molar-refractivity contribution in [3.8, 4) is 0 Å². The van der Waals surface area contributed by atoms with Gasteiger partial charge in [-0.3, -0.25) is 4.79 Å². The van der Waals surface area contributed by atoms with Gasteiger partial charge in [-0.1, -0.05) is 6.92 Å². The summed E-state index contributed by atoms with van der Waals surface area (Å²) >= 11 is 0. The first-order valence-electron chi connectivity index (χ1n) is 4.89. The molecule has 0 radical (unpaired) electrons. The molecule has 0 saturated heterocycles. The van der Waals surface area contributed by atoms with Crippen molar-refractivity contribution >= 4 is 5.97 Å². The number of ether oxygens (including phenoxy) is 1. The van der Waals surface area contributed by atoms with E-state index in [9.17, 15) is 4.79 Å². The standard InChI is InChI=1S/C11H17NO3/c1-11(8-12,7-10(13)14-2)6-9-4-3-5-15-9/h3-5H,6-8,12H2,1-2H3. The minimum Gasteiger partial charge on any atom is -0.469 e. The Hall–Kier alpha value is -1.29. The van der Waals surface area contributed by atoms with Gasteiger partial charge in [0.05, 0.1) is 19.8 Å². The zero-order chi connectivity index (χ0) is 11.3. The van der Waals surface area contributed by atoms with Gasteiger partial charge in [0.25, 0.3) is 0 Å². The van der Waals surface area contributed by atoms with Crippen molar-refractivity contribution in [2.75, 3.05) is 13.7 Å². The van der Waals surface area contributed by atoms with Crippen molar-refractivity contribution in [3.05, 3.63) is 24.2 Å². The van der Waals surface area contributed by atoms with Crippen LogP contribution in [0.3, 0.4) is 0 Å². The summed E-state index contributed by atoms with van der Waals surface area (Å²) in [7, 11) is 1.38. The summed E-state index contributed by atoms with van der Waals surface area (Å²) < 4.78 is 9.88. The molecule has 4 nitrogen and oxygen atoms in total. The first-order valence-corrected chi connectivity index (χ1v) is 4.89. The van der Waals surface area contributed by atoms with Gasteiger partial charge in [-0.2, -0.15) is 0 Å². The zero-order valence-electron chi connectivity index (χ0n) is 9.16. The van der Waals surface area contributed by atoms with Gasteiger partial charge >= 0.3 is 5.97 Å². The van der Waals surface area contributed by atoms with Gasteiger partial charge in [0.2, 0.25) is 0 Å². The van der Waals surface area contributed by atoms with Crippen molar-refractivity contribution in [3.63, 3.8) is 0 Å². The summed E-state index contributed by atoms with van der Waals surface area (Å²) in [4.78, 5) is 11.2. The minimum atomic E-state index is -0.301. The summed E-state index contributed by atoms with van der Waals surface area (Å²) in [5.41, 5.74) is 5.38. The van der Waals surface area contributed by atoms with Gasteiger partial charge in [0, 0.05) is 6.42 Å². The lowest BCUT2D eigenvalue weighted by Crippen LogP contribution is -2.32. The number of methoxy groups -OCH3 is 1. The Balaban J connectivity index is 2.64. The molecule has 1 atom stereocenters. The van der Waals surface area contributed by atoms with E-state index in [1.807, 2.05) is 19.1 Å². The van der Waals surface area contributed by atoms with E-state index in [0.29, 0.717) is 19.4 Å². The molecule has 4 heteroatoms. The van der Waals surface area contributed by atoms with Gasteiger partial charge in [0.1, 0.15) is 5.76 Å². The van der Waals surface area contributed by atoms with Crippen LogP contribution in [0, 0.1) is 5.41 Å². The quantitative estimate of drug-likeness (QED) is 0.746. The predicted octanol–water partition coefficient (Wildman–Crippen LogP) is 1.35. The highest BCUT2D eigenvalue weighted by Crippen LogP contribution is 2.26. The van der Waals surface area contributed by atoms with Crippen molar-refractivity contribution in [1.29, 1.82) is 0 Å². The Bertz CT molecular complexity index is 308. The van der Waals surface area contributed by atoms with Gasteiger partial charge in [-0.25, -0.2) is 0 Å². The monoisotopic (exact) mass is 211 g/mol. The summed E-state index contributed by atoms with van der Waals surface area (Å²) in [6, 6.07) is 3.70. The first-order chi connectivity index (χ1) is 7.09.